The van der Waals surface area contributed by atoms with Gasteiger partial charge in [-0.05, 0) is 37.1 Å². The minimum Gasteiger partial charge on any atom is -0.383 e. The molecule has 1 aromatic carbocycles. The lowest BCUT2D eigenvalue weighted by Crippen LogP contribution is -2.33. The number of benzene rings is 1. The van der Waals surface area contributed by atoms with Gasteiger partial charge in [0.05, 0.1) is 6.61 Å². The van der Waals surface area contributed by atoms with Crippen molar-refractivity contribution in [2.24, 2.45) is 5.73 Å². The van der Waals surface area contributed by atoms with E-state index in [1.165, 1.54) is 5.56 Å². The predicted molar refractivity (Wildman–Crippen MR) is 72.2 cm³/mol. The van der Waals surface area contributed by atoms with Gasteiger partial charge in [0.15, 0.2) is 0 Å². The van der Waals surface area contributed by atoms with Gasteiger partial charge in [-0.3, -0.25) is 0 Å². The summed E-state index contributed by atoms with van der Waals surface area (Å²) in [4.78, 5) is 0. The van der Waals surface area contributed by atoms with Crippen molar-refractivity contribution in [3.63, 3.8) is 0 Å². The van der Waals surface area contributed by atoms with Crippen LogP contribution in [0.1, 0.15) is 18.4 Å². The maximum atomic E-state index is 5.84. The third-order valence-electron chi connectivity index (χ3n) is 2.63. The first-order chi connectivity index (χ1) is 8.26. The molecular weight excluding hydrogens is 236 g/mol. The summed E-state index contributed by atoms with van der Waals surface area (Å²) in [7, 11) is 1.72. The smallest absolute Gasteiger partial charge is 0.0615 e. The van der Waals surface area contributed by atoms with Gasteiger partial charge in [-0.1, -0.05) is 23.7 Å². The van der Waals surface area contributed by atoms with Crippen molar-refractivity contribution in [3.05, 3.63) is 34.9 Å². The van der Waals surface area contributed by atoms with E-state index in [1.54, 1.807) is 7.11 Å². The van der Waals surface area contributed by atoms with Gasteiger partial charge >= 0.3 is 0 Å². The Balaban J connectivity index is 2.37. The minimum absolute atomic E-state index is 0.360. The van der Waals surface area contributed by atoms with Gasteiger partial charge in [-0.25, -0.2) is 0 Å². The van der Waals surface area contributed by atoms with Crippen LogP contribution in [0.4, 0.5) is 0 Å². The quantitative estimate of drug-likeness (QED) is 0.750. The van der Waals surface area contributed by atoms with Crippen LogP contribution in [-0.4, -0.2) is 26.3 Å². The highest BCUT2D eigenvalue weighted by atomic mass is 35.5. The van der Waals surface area contributed by atoms with E-state index in [4.69, 9.17) is 22.1 Å². The molecule has 0 fully saturated rings. The van der Waals surface area contributed by atoms with Crippen LogP contribution in [0.3, 0.4) is 0 Å². The zero-order valence-corrected chi connectivity index (χ0v) is 11.0. The molecule has 0 aliphatic heterocycles. The van der Waals surface area contributed by atoms with Crippen molar-refractivity contribution in [1.29, 1.82) is 0 Å². The van der Waals surface area contributed by atoms with E-state index in [-0.39, 0.29) is 0 Å². The molecule has 0 saturated carbocycles. The number of hydrogen-bond donors (Lipinski definition) is 2. The summed E-state index contributed by atoms with van der Waals surface area (Å²) >= 11 is 5.84. The molecule has 96 valence electrons. The Morgan fingerprint density at radius 1 is 1.35 bits per heavy atom. The van der Waals surface area contributed by atoms with Crippen molar-refractivity contribution in [3.8, 4) is 0 Å². The lowest BCUT2D eigenvalue weighted by molar-refractivity contribution is 0.161. The van der Waals surface area contributed by atoms with Crippen LogP contribution in [0.2, 0.25) is 5.02 Å². The molecule has 1 aromatic rings. The van der Waals surface area contributed by atoms with E-state index in [9.17, 15) is 0 Å². The second kappa shape index (κ2) is 8.48. The SMILES string of the molecule is COCC(CCCN)NCc1ccc(Cl)cc1. The van der Waals surface area contributed by atoms with Crippen molar-refractivity contribution < 1.29 is 4.74 Å². The Bertz CT molecular complexity index is 303. The van der Waals surface area contributed by atoms with E-state index in [1.807, 2.05) is 24.3 Å². The third kappa shape index (κ3) is 6.03. The number of rotatable bonds is 8. The van der Waals surface area contributed by atoms with Crippen molar-refractivity contribution in [2.45, 2.75) is 25.4 Å². The van der Waals surface area contributed by atoms with Gasteiger partial charge in [-0.2, -0.15) is 0 Å². The zero-order chi connectivity index (χ0) is 12.5. The molecule has 4 heteroatoms. The highest BCUT2D eigenvalue weighted by Gasteiger charge is 2.06. The van der Waals surface area contributed by atoms with E-state index in [0.29, 0.717) is 12.6 Å². The molecule has 3 nitrogen and oxygen atoms in total. The molecule has 0 amide bonds. The molecule has 0 bridgehead atoms. The van der Waals surface area contributed by atoms with Crippen LogP contribution in [0.25, 0.3) is 0 Å². The molecule has 0 aromatic heterocycles. The Hall–Kier alpha value is -0.610. The van der Waals surface area contributed by atoms with Crippen LogP contribution in [0.15, 0.2) is 24.3 Å². The van der Waals surface area contributed by atoms with Crippen LogP contribution in [0, 0.1) is 0 Å². The maximum absolute atomic E-state index is 5.84. The normalized spacial score (nSPS) is 12.6. The van der Waals surface area contributed by atoms with Gasteiger partial charge in [-0.15, -0.1) is 0 Å². The van der Waals surface area contributed by atoms with Gasteiger partial charge in [0.2, 0.25) is 0 Å². The number of methoxy groups -OCH3 is 1. The molecule has 0 aliphatic carbocycles. The average Bonchev–Trinajstić information content (AvgIpc) is 2.35. The summed E-state index contributed by atoms with van der Waals surface area (Å²) in [6.45, 7) is 2.27. The molecule has 0 saturated heterocycles. The predicted octanol–water partition coefficient (Wildman–Crippen LogP) is 2.18. The summed E-state index contributed by atoms with van der Waals surface area (Å²) < 4.78 is 5.18. The zero-order valence-electron chi connectivity index (χ0n) is 10.3. The molecule has 17 heavy (non-hydrogen) atoms. The lowest BCUT2D eigenvalue weighted by Gasteiger charge is -2.17. The maximum Gasteiger partial charge on any atom is 0.0615 e. The molecule has 1 rings (SSSR count). The van der Waals surface area contributed by atoms with E-state index in [0.717, 1.165) is 31.0 Å². The molecule has 1 atom stereocenters. The standard InChI is InChI=1S/C13H21ClN2O/c1-17-10-13(3-2-8-15)16-9-11-4-6-12(14)7-5-11/h4-7,13,16H,2-3,8-10,15H2,1H3. The van der Waals surface area contributed by atoms with Crippen LogP contribution < -0.4 is 11.1 Å². The second-order valence-electron chi connectivity index (χ2n) is 4.09. The summed E-state index contributed by atoms with van der Waals surface area (Å²) in [6, 6.07) is 8.23. The van der Waals surface area contributed by atoms with Crippen molar-refractivity contribution >= 4 is 11.6 Å². The average molecular weight is 257 g/mol. The summed E-state index contributed by atoms with van der Waals surface area (Å²) in [5.41, 5.74) is 6.74. The number of hydrogen-bond acceptors (Lipinski definition) is 3. The first-order valence-corrected chi connectivity index (χ1v) is 6.31. The minimum atomic E-state index is 0.360. The van der Waals surface area contributed by atoms with Crippen LogP contribution >= 0.6 is 11.6 Å². The summed E-state index contributed by atoms with van der Waals surface area (Å²) in [5.74, 6) is 0. The molecule has 0 heterocycles. The van der Waals surface area contributed by atoms with E-state index < -0.39 is 0 Å². The first kappa shape index (κ1) is 14.5. The monoisotopic (exact) mass is 256 g/mol. The molecular formula is C13H21ClN2O. The fourth-order valence-electron chi connectivity index (χ4n) is 1.67. The fraction of sp³-hybridized carbons (Fsp3) is 0.538. The highest BCUT2D eigenvalue weighted by Crippen LogP contribution is 2.09. The number of ether oxygens (including phenoxy) is 1. The Morgan fingerprint density at radius 2 is 2.06 bits per heavy atom. The first-order valence-electron chi connectivity index (χ1n) is 5.93. The van der Waals surface area contributed by atoms with E-state index >= 15 is 0 Å². The largest absolute Gasteiger partial charge is 0.383 e. The van der Waals surface area contributed by atoms with Gasteiger partial charge < -0.3 is 15.8 Å². The van der Waals surface area contributed by atoms with E-state index in [2.05, 4.69) is 5.32 Å². The van der Waals surface area contributed by atoms with Crippen molar-refractivity contribution in [2.75, 3.05) is 20.3 Å². The topological polar surface area (TPSA) is 47.3 Å². The summed E-state index contributed by atoms with van der Waals surface area (Å²) in [5, 5.41) is 4.24. The number of nitrogens with one attached hydrogen (secondary N) is 1. The number of nitrogens with two attached hydrogens (primary N) is 1. The molecule has 0 radical (unpaired) electrons. The van der Waals surface area contributed by atoms with Crippen molar-refractivity contribution in [1.82, 2.24) is 5.32 Å². The van der Waals surface area contributed by atoms with Gasteiger partial charge in [0, 0.05) is 24.7 Å². The fourth-order valence-corrected chi connectivity index (χ4v) is 1.80. The van der Waals surface area contributed by atoms with Gasteiger partial charge in [0.25, 0.3) is 0 Å². The van der Waals surface area contributed by atoms with Crippen LogP contribution in [-0.2, 0) is 11.3 Å². The Kier molecular flexibility index (Phi) is 7.21. The Labute approximate surface area is 108 Å². The molecule has 0 aliphatic rings. The molecule has 3 N–H and O–H groups in total. The summed E-state index contributed by atoms with van der Waals surface area (Å²) in [6.07, 6.45) is 2.06. The van der Waals surface area contributed by atoms with Gasteiger partial charge in [0.1, 0.15) is 0 Å². The molecule has 0 spiro atoms. The highest BCUT2D eigenvalue weighted by molar-refractivity contribution is 6.30. The van der Waals surface area contributed by atoms with Crippen LogP contribution in [0.5, 0.6) is 0 Å². The third-order valence-corrected chi connectivity index (χ3v) is 2.88. The number of halogens is 1. The lowest BCUT2D eigenvalue weighted by atomic mass is 10.1. The Morgan fingerprint density at radius 3 is 2.65 bits per heavy atom. The molecule has 1 unspecified atom stereocenters. The second-order valence-corrected chi connectivity index (χ2v) is 4.53.